The number of carbonyl (C=O) groups excluding carboxylic acids is 2. The Morgan fingerprint density at radius 3 is 2.38 bits per heavy atom. The van der Waals surface area contributed by atoms with Crippen LogP contribution in [0, 0.1) is 13.8 Å². The van der Waals surface area contributed by atoms with Crippen molar-refractivity contribution < 1.29 is 14.1 Å². The van der Waals surface area contributed by atoms with Gasteiger partial charge in [0.05, 0.1) is 0 Å². The van der Waals surface area contributed by atoms with Gasteiger partial charge in [-0.05, 0) is 25.5 Å². The highest BCUT2D eigenvalue weighted by atomic mass is 16.5. The molecule has 16 heavy (non-hydrogen) atoms. The van der Waals surface area contributed by atoms with E-state index in [9.17, 15) is 0 Å². The first-order valence-electron chi connectivity index (χ1n) is 4.40. The highest BCUT2D eigenvalue weighted by molar-refractivity contribution is 5.46. The molecule has 0 saturated carbocycles. The van der Waals surface area contributed by atoms with E-state index in [0.29, 0.717) is 17.4 Å². The Kier molecular flexibility index (Phi) is 4.06. The number of pyridine rings is 1. The number of rotatable bonds is 1. The Morgan fingerprint density at radius 2 is 1.94 bits per heavy atom. The Labute approximate surface area is 91.3 Å². The highest BCUT2D eigenvalue weighted by Gasteiger charge is 2.05. The molecule has 2 aromatic rings. The predicted molar refractivity (Wildman–Crippen MR) is 52.0 cm³/mol. The average molecular weight is 219 g/mol. The van der Waals surface area contributed by atoms with E-state index in [1.807, 2.05) is 19.1 Å². The number of aryl methyl sites for hydroxylation is 2. The molecule has 2 aromatic heterocycles. The van der Waals surface area contributed by atoms with E-state index >= 15 is 0 Å². The fraction of sp³-hybridized carbons (Fsp3) is 0.200. The van der Waals surface area contributed by atoms with Crippen molar-refractivity contribution >= 4 is 6.15 Å². The van der Waals surface area contributed by atoms with Gasteiger partial charge in [0.1, 0.15) is 5.69 Å². The summed E-state index contributed by atoms with van der Waals surface area (Å²) in [5.41, 5.74) is 1.83. The van der Waals surface area contributed by atoms with Crippen molar-refractivity contribution in [3.8, 4) is 11.6 Å². The van der Waals surface area contributed by atoms with E-state index in [4.69, 9.17) is 14.1 Å². The number of aromatic nitrogens is 3. The van der Waals surface area contributed by atoms with Crippen LogP contribution in [0.1, 0.15) is 11.4 Å². The number of hydrogen-bond acceptors (Lipinski definition) is 6. The standard InChI is InChI=1S/C9H9N3O.CO2/c1-6-3-4-8(10-5-6)9-11-7(2)12-13-9;2-1-3/h3-5H,1-2H3;. The smallest absolute Gasteiger partial charge is 0.332 e. The fourth-order valence-corrected chi connectivity index (χ4v) is 0.995. The maximum absolute atomic E-state index is 8.12. The van der Waals surface area contributed by atoms with Gasteiger partial charge in [0.25, 0.3) is 5.89 Å². The van der Waals surface area contributed by atoms with E-state index in [0.717, 1.165) is 5.56 Å². The van der Waals surface area contributed by atoms with Gasteiger partial charge >= 0.3 is 6.15 Å². The first-order chi connectivity index (χ1) is 7.67. The summed E-state index contributed by atoms with van der Waals surface area (Å²) in [7, 11) is 0. The fourth-order valence-electron chi connectivity index (χ4n) is 0.995. The maximum Gasteiger partial charge on any atom is 0.373 e. The van der Waals surface area contributed by atoms with Gasteiger partial charge in [0.2, 0.25) is 0 Å². The summed E-state index contributed by atoms with van der Waals surface area (Å²) in [5.74, 6) is 1.09. The first kappa shape index (κ1) is 11.7. The van der Waals surface area contributed by atoms with Gasteiger partial charge in [0, 0.05) is 6.20 Å². The number of nitrogens with zero attached hydrogens (tertiary/aromatic N) is 3. The van der Waals surface area contributed by atoms with Crippen LogP contribution in [0.3, 0.4) is 0 Å². The second kappa shape index (κ2) is 5.53. The quantitative estimate of drug-likeness (QED) is 0.715. The molecule has 0 aliphatic heterocycles. The lowest BCUT2D eigenvalue weighted by Crippen LogP contribution is -1.83. The normalized spacial score (nSPS) is 8.88. The zero-order valence-corrected chi connectivity index (χ0v) is 8.80. The van der Waals surface area contributed by atoms with Gasteiger partial charge in [-0.1, -0.05) is 11.2 Å². The van der Waals surface area contributed by atoms with Crippen molar-refractivity contribution in [3.05, 3.63) is 29.7 Å². The molecule has 0 fully saturated rings. The van der Waals surface area contributed by atoms with Crippen molar-refractivity contribution in [2.24, 2.45) is 0 Å². The molecular weight excluding hydrogens is 210 g/mol. The molecule has 2 rings (SSSR count). The third-order valence-corrected chi connectivity index (χ3v) is 1.66. The van der Waals surface area contributed by atoms with Crippen LogP contribution >= 0.6 is 0 Å². The summed E-state index contributed by atoms with van der Waals surface area (Å²) in [5, 5.41) is 3.69. The van der Waals surface area contributed by atoms with Crippen LogP contribution in [0.25, 0.3) is 11.6 Å². The van der Waals surface area contributed by atoms with Gasteiger partial charge in [-0.2, -0.15) is 14.6 Å². The second-order valence-corrected chi connectivity index (χ2v) is 2.95. The maximum atomic E-state index is 8.12. The van der Waals surface area contributed by atoms with Gasteiger partial charge in [-0.3, -0.25) is 4.98 Å². The highest BCUT2D eigenvalue weighted by Crippen LogP contribution is 2.13. The molecule has 0 bridgehead atoms. The number of hydrogen-bond donors (Lipinski definition) is 0. The minimum absolute atomic E-state index is 0.250. The molecule has 0 aliphatic carbocycles. The van der Waals surface area contributed by atoms with Crippen molar-refractivity contribution in [2.75, 3.05) is 0 Å². The summed E-state index contributed by atoms with van der Waals surface area (Å²) >= 11 is 0. The van der Waals surface area contributed by atoms with E-state index < -0.39 is 0 Å². The molecule has 0 radical (unpaired) electrons. The van der Waals surface area contributed by atoms with Crippen LogP contribution in [0.15, 0.2) is 22.9 Å². The molecule has 0 aromatic carbocycles. The Bertz CT molecular complexity index is 484. The van der Waals surface area contributed by atoms with E-state index in [1.165, 1.54) is 0 Å². The Balaban J connectivity index is 0.000000386. The van der Waals surface area contributed by atoms with Crippen molar-refractivity contribution in [2.45, 2.75) is 13.8 Å². The Morgan fingerprint density at radius 1 is 1.25 bits per heavy atom. The van der Waals surface area contributed by atoms with Crippen molar-refractivity contribution in [1.29, 1.82) is 0 Å². The summed E-state index contributed by atoms with van der Waals surface area (Å²) in [6.45, 7) is 3.76. The van der Waals surface area contributed by atoms with Crippen molar-refractivity contribution in [3.63, 3.8) is 0 Å². The van der Waals surface area contributed by atoms with Gasteiger partial charge < -0.3 is 4.52 Å². The largest absolute Gasteiger partial charge is 0.373 e. The minimum atomic E-state index is 0.250. The van der Waals surface area contributed by atoms with E-state index in [2.05, 4.69) is 15.1 Å². The van der Waals surface area contributed by atoms with Crippen LogP contribution in [0.4, 0.5) is 0 Å². The lowest BCUT2D eigenvalue weighted by atomic mass is 10.3. The molecule has 6 heteroatoms. The third kappa shape index (κ3) is 3.11. The van der Waals surface area contributed by atoms with Crippen molar-refractivity contribution in [1.82, 2.24) is 15.1 Å². The van der Waals surface area contributed by atoms with E-state index in [1.54, 1.807) is 13.1 Å². The zero-order chi connectivity index (χ0) is 12.0. The van der Waals surface area contributed by atoms with Gasteiger partial charge in [-0.15, -0.1) is 0 Å². The van der Waals surface area contributed by atoms with Gasteiger partial charge in [-0.25, -0.2) is 0 Å². The molecule has 0 atom stereocenters. The molecule has 0 N–H and O–H groups in total. The summed E-state index contributed by atoms with van der Waals surface area (Å²) in [6, 6.07) is 3.82. The third-order valence-electron chi connectivity index (χ3n) is 1.66. The Hall–Kier alpha value is -2.33. The van der Waals surface area contributed by atoms with Crippen LogP contribution in [0.2, 0.25) is 0 Å². The topological polar surface area (TPSA) is 85.9 Å². The minimum Gasteiger partial charge on any atom is -0.332 e. The molecule has 6 nitrogen and oxygen atoms in total. The zero-order valence-electron chi connectivity index (χ0n) is 8.80. The van der Waals surface area contributed by atoms with E-state index in [-0.39, 0.29) is 6.15 Å². The molecule has 0 aliphatic rings. The van der Waals surface area contributed by atoms with Crippen LogP contribution < -0.4 is 0 Å². The molecule has 0 spiro atoms. The molecule has 2 heterocycles. The monoisotopic (exact) mass is 219 g/mol. The SMILES string of the molecule is Cc1ccc(-c2nc(C)no2)nc1.O=C=O. The molecular formula is C10H9N3O3. The lowest BCUT2D eigenvalue weighted by molar-refractivity contribution is -0.191. The molecule has 0 unspecified atom stereocenters. The van der Waals surface area contributed by atoms with Gasteiger partial charge in [0.15, 0.2) is 5.82 Å². The summed E-state index contributed by atoms with van der Waals surface area (Å²) in [4.78, 5) is 24.5. The first-order valence-corrected chi connectivity index (χ1v) is 4.40. The lowest BCUT2D eigenvalue weighted by Gasteiger charge is -1.92. The predicted octanol–water partition coefficient (Wildman–Crippen LogP) is 1.16. The summed E-state index contributed by atoms with van der Waals surface area (Å²) < 4.78 is 4.97. The summed E-state index contributed by atoms with van der Waals surface area (Å²) in [6.07, 6.45) is 2.02. The molecule has 0 amide bonds. The second-order valence-electron chi connectivity index (χ2n) is 2.95. The van der Waals surface area contributed by atoms with Crippen LogP contribution in [-0.2, 0) is 9.59 Å². The molecule has 0 saturated heterocycles. The average Bonchev–Trinajstić information content (AvgIpc) is 2.67. The molecule has 82 valence electrons. The van der Waals surface area contributed by atoms with Crippen LogP contribution in [-0.4, -0.2) is 21.3 Å². The van der Waals surface area contributed by atoms with Crippen LogP contribution in [0.5, 0.6) is 0 Å².